The van der Waals surface area contributed by atoms with Crippen molar-refractivity contribution in [1.82, 2.24) is 4.57 Å². The van der Waals surface area contributed by atoms with E-state index >= 15 is 0 Å². The number of hydrogen-bond acceptors (Lipinski definition) is 4. The highest BCUT2D eigenvalue weighted by molar-refractivity contribution is 7.99. The van der Waals surface area contributed by atoms with Crippen LogP contribution in [0.2, 0.25) is 6.55 Å². The first-order chi connectivity index (χ1) is 7.29. The van der Waals surface area contributed by atoms with Gasteiger partial charge in [0.2, 0.25) is 0 Å². The van der Waals surface area contributed by atoms with E-state index in [-0.39, 0.29) is 5.91 Å². The van der Waals surface area contributed by atoms with Gasteiger partial charge in [-0.15, -0.1) is 0 Å². The van der Waals surface area contributed by atoms with E-state index in [4.69, 9.17) is 9.47 Å². The molecule has 1 aliphatic heterocycles. The van der Waals surface area contributed by atoms with E-state index in [1.165, 1.54) is 24.6 Å². The number of thioether (sulfide) groups is 1. The lowest BCUT2D eigenvalue weighted by Crippen LogP contribution is -2.51. The minimum absolute atomic E-state index is 0.0723. The second kappa shape index (κ2) is 7.68. The molecule has 90 valence electrons. The lowest BCUT2D eigenvalue weighted by atomic mass is 10.6. The van der Waals surface area contributed by atoms with Gasteiger partial charge >= 0.3 is 0 Å². The van der Waals surface area contributed by atoms with Crippen LogP contribution in [0.15, 0.2) is 0 Å². The molecule has 0 aliphatic carbocycles. The van der Waals surface area contributed by atoms with Crippen molar-refractivity contribution < 1.29 is 9.47 Å². The molecule has 0 aromatic carbocycles. The molecule has 5 heteroatoms. The van der Waals surface area contributed by atoms with Crippen molar-refractivity contribution >= 4 is 20.7 Å². The molecule has 1 rings (SSSR count). The van der Waals surface area contributed by atoms with E-state index in [1.807, 2.05) is 13.8 Å². The molecule has 15 heavy (non-hydrogen) atoms. The lowest BCUT2D eigenvalue weighted by Gasteiger charge is -2.35. The molecule has 0 N–H and O–H groups in total. The molecule has 0 spiro atoms. The smallest absolute Gasteiger partial charge is 0.174 e. The first-order valence-electron chi connectivity index (χ1n) is 5.84. The van der Waals surface area contributed by atoms with Gasteiger partial charge in [0.05, 0.1) is 0 Å². The zero-order chi connectivity index (χ0) is 11.1. The highest BCUT2D eigenvalue weighted by Gasteiger charge is 2.27. The Kier molecular flexibility index (Phi) is 6.91. The Bertz CT molecular complexity index is 162. The monoisotopic (exact) mass is 249 g/mol. The van der Waals surface area contributed by atoms with Crippen LogP contribution in [0.25, 0.3) is 0 Å². The summed E-state index contributed by atoms with van der Waals surface area (Å²) in [7, 11) is -1.06. The number of hydrogen-bond donors (Lipinski definition) is 0. The molecule has 1 fully saturated rings. The fraction of sp³-hybridized carbons (Fsp3) is 1.00. The topological polar surface area (TPSA) is 21.7 Å². The molecule has 0 aromatic heterocycles. The standard InChI is InChI=1S/C10H23NO2SSi/c1-4-12-10(13-5-2)15(3)11-6-8-14-9-7-11/h10,15H,4-9H2,1-3H3. The summed E-state index contributed by atoms with van der Waals surface area (Å²) in [6, 6.07) is 0. The zero-order valence-corrected chi connectivity index (χ0v) is 12.0. The second-order valence-electron chi connectivity index (χ2n) is 3.67. The molecule has 1 saturated heterocycles. The van der Waals surface area contributed by atoms with Crippen LogP contribution in [0, 0.1) is 0 Å². The van der Waals surface area contributed by atoms with Crippen molar-refractivity contribution in [2.24, 2.45) is 0 Å². The van der Waals surface area contributed by atoms with E-state index in [9.17, 15) is 0 Å². The molecule has 3 nitrogen and oxygen atoms in total. The summed E-state index contributed by atoms with van der Waals surface area (Å²) in [6.07, 6.45) is 0. The molecule has 0 saturated carbocycles. The molecular weight excluding hydrogens is 226 g/mol. The number of ether oxygens (including phenoxy) is 2. The summed E-state index contributed by atoms with van der Waals surface area (Å²) < 4.78 is 14.0. The maximum absolute atomic E-state index is 5.69. The van der Waals surface area contributed by atoms with Crippen molar-refractivity contribution in [1.29, 1.82) is 0 Å². The van der Waals surface area contributed by atoms with Crippen LogP contribution < -0.4 is 0 Å². The Labute approximate surface area is 99.2 Å². The maximum atomic E-state index is 5.69. The molecule has 0 amide bonds. The van der Waals surface area contributed by atoms with Crippen molar-refractivity contribution in [3.05, 3.63) is 0 Å². The average Bonchev–Trinajstić information content (AvgIpc) is 2.29. The summed E-state index contributed by atoms with van der Waals surface area (Å²) in [5.41, 5.74) is 0. The van der Waals surface area contributed by atoms with Crippen molar-refractivity contribution in [3.8, 4) is 0 Å². The first-order valence-corrected chi connectivity index (χ1v) is 9.33. The molecule has 0 aromatic rings. The fourth-order valence-corrected chi connectivity index (χ4v) is 5.48. The number of nitrogens with zero attached hydrogens (tertiary/aromatic N) is 1. The van der Waals surface area contributed by atoms with Crippen LogP contribution in [0.4, 0.5) is 0 Å². The van der Waals surface area contributed by atoms with E-state index in [1.54, 1.807) is 0 Å². The SMILES string of the molecule is CCOC(OCC)[SiH](C)N1CCSCC1. The minimum Gasteiger partial charge on any atom is -0.355 e. The third-order valence-corrected chi connectivity index (χ3v) is 6.46. The Balaban J connectivity index is 2.41. The van der Waals surface area contributed by atoms with Gasteiger partial charge in [-0.2, -0.15) is 11.8 Å². The average molecular weight is 249 g/mol. The van der Waals surface area contributed by atoms with Crippen molar-refractivity contribution in [2.75, 3.05) is 37.8 Å². The Morgan fingerprint density at radius 2 is 1.73 bits per heavy atom. The molecule has 0 bridgehead atoms. The van der Waals surface area contributed by atoms with Gasteiger partial charge in [0.1, 0.15) is 0 Å². The maximum Gasteiger partial charge on any atom is 0.174 e. The van der Waals surface area contributed by atoms with Gasteiger partial charge in [-0.05, 0) is 13.8 Å². The van der Waals surface area contributed by atoms with Gasteiger partial charge < -0.3 is 14.0 Å². The van der Waals surface area contributed by atoms with Crippen LogP contribution in [0.3, 0.4) is 0 Å². The predicted molar refractivity (Wildman–Crippen MR) is 69.0 cm³/mol. The molecule has 1 unspecified atom stereocenters. The van der Waals surface area contributed by atoms with Crippen LogP contribution >= 0.6 is 11.8 Å². The zero-order valence-electron chi connectivity index (χ0n) is 10.1. The summed E-state index contributed by atoms with van der Waals surface area (Å²) in [5.74, 6) is 2.60. The molecule has 1 atom stereocenters. The molecule has 1 aliphatic rings. The highest BCUT2D eigenvalue weighted by Crippen LogP contribution is 2.14. The van der Waals surface area contributed by atoms with E-state index < -0.39 is 8.96 Å². The largest absolute Gasteiger partial charge is 0.355 e. The van der Waals surface area contributed by atoms with Gasteiger partial charge in [-0.3, -0.25) is 0 Å². The van der Waals surface area contributed by atoms with Crippen LogP contribution in [-0.4, -0.2) is 57.2 Å². The normalized spacial score (nSPS) is 20.8. The summed E-state index contributed by atoms with van der Waals surface area (Å²) >= 11 is 2.05. The predicted octanol–water partition coefficient (Wildman–Crippen LogP) is 1.33. The first kappa shape index (κ1) is 13.5. The van der Waals surface area contributed by atoms with Gasteiger partial charge in [-0.1, -0.05) is 6.55 Å². The fourth-order valence-electron chi connectivity index (χ4n) is 1.81. The van der Waals surface area contributed by atoms with E-state index in [0.717, 1.165) is 13.2 Å². The van der Waals surface area contributed by atoms with Gasteiger partial charge in [0.25, 0.3) is 0 Å². The van der Waals surface area contributed by atoms with Crippen LogP contribution in [0.5, 0.6) is 0 Å². The summed E-state index contributed by atoms with van der Waals surface area (Å²) in [6.45, 7) is 10.4. The van der Waals surface area contributed by atoms with E-state index in [2.05, 4.69) is 22.9 Å². The van der Waals surface area contributed by atoms with Gasteiger partial charge in [-0.25, -0.2) is 0 Å². The second-order valence-corrected chi connectivity index (χ2v) is 7.65. The Morgan fingerprint density at radius 3 is 2.20 bits per heavy atom. The Morgan fingerprint density at radius 1 is 1.20 bits per heavy atom. The summed E-state index contributed by atoms with van der Waals surface area (Å²) in [4.78, 5) is 0. The number of rotatable bonds is 6. The minimum atomic E-state index is -1.06. The van der Waals surface area contributed by atoms with Crippen LogP contribution in [0.1, 0.15) is 13.8 Å². The van der Waals surface area contributed by atoms with Crippen molar-refractivity contribution in [2.45, 2.75) is 26.3 Å². The third kappa shape index (κ3) is 4.44. The highest BCUT2D eigenvalue weighted by atomic mass is 32.2. The van der Waals surface area contributed by atoms with Crippen molar-refractivity contribution in [3.63, 3.8) is 0 Å². The van der Waals surface area contributed by atoms with Gasteiger partial charge in [0, 0.05) is 37.8 Å². The Hall–Kier alpha value is 0.447. The lowest BCUT2D eigenvalue weighted by molar-refractivity contribution is -0.0892. The molecular formula is C10H23NO2SSi. The quantitative estimate of drug-likeness (QED) is 0.523. The third-order valence-electron chi connectivity index (χ3n) is 2.68. The van der Waals surface area contributed by atoms with Crippen LogP contribution in [-0.2, 0) is 9.47 Å². The molecule has 0 radical (unpaired) electrons. The van der Waals surface area contributed by atoms with Gasteiger partial charge in [0.15, 0.2) is 14.9 Å². The van der Waals surface area contributed by atoms with E-state index in [0.29, 0.717) is 0 Å². The molecule has 1 heterocycles. The summed E-state index contributed by atoms with van der Waals surface area (Å²) in [5, 5.41) is 0.